The zero-order valence-electron chi connectivity index (χ0n) is 41.3. The molecule has 0 N–H and O–H groups in total. The Balaban J connectivity index is 1.04. The van der Waals surface area contributed by atoms with Gasteiger partial charge in [-0.15, -0.1) is 0 Å². The van der Waals surface area contributed by atoms with Crippen LogP contribution >= 0.6 is 0 Å². The fourth-order valence-electron chi connectivity index (χ4n) is 15.8. The van der Waals surface area contributed by atoms with Crippen LogP contribution in [0.3, 0.4) is 0 Å². The molecule has 4 saturated carbocycles. The second-order valence-corrected chi connectivity index (χ2v) is 23.8. The first-order valence-electron chi connectivity index (χ1n) is 25.5. The molecular formula is C63H76O3. The van der Waals surface area contributed by atoms with Gasteiger partial charge in [-0.25, -0.2) is 0 Å². The summed E-state index contributed by atoms with van der Waals surface area (Å²) in [6, 6.07) is 54.4. The van der Waals surface area contributed by atoms with Gasteiger partial charge in [0.2, 0.25) is 0 Å². The molecule has 5 aromatic carbocycles. The number of benzene rings is 5. The Kier molecular flexibility index (Phi) is 11.5. The second kappa shape index (κ2) is 16.7. The van der Waals surface area contributed by atoms with Crippen LogP contribution in [0.15, 0.2) is 163 Å². The molecule has 0 amide bonds. The highest BCUT2D eigenvalue weighted by atomic mass is 16.7. The molecule has 0 heterocycles. The first-order valence-corrected chi connectivity index (χ1v) is 25.5. The van der Waals surface area contributed by atoms with Crippen molar-refractivity contribution < 1.29 is 14.2 Å². The number of rotatable bonds is 11. The van der Waals surface area contributed by atoms with E-state index in [1.165, 1.54) is 36.8 Å². The SMILES string of the molecule is CC1(C)C[C@@H]2C3=CC[C@@H]4[C@@]5(C)CC[C@@](OCc6ccccc6)(OC(c6ccccc6)(c6ccccc6)c6ccccc6)C(C)(C)C5CC[C@@]4(C)[C@]3(C)CC[C@@]2(C)[C@H](OCc2ccccc2)C1. The maximum atomic E-state index is 8.32. The third-order valence-corrected chi connectivity index (χ3v) is 19.7. The summed E-state index contributed by atoms with van der Waals surface area (Å²) in [5, 5.41) is 0. The summed E-state index contributed by atoms with van der Waals surface area (Å²) < 4.78 is 23.0. The molecule has 0 aliphatic heterocycles. The van der Waals surface area contributed by atoms with Gasteiger partial charge in [-0.2, -0.15) is 0 Å². The summed E-state index contributed by atoms with van der Waals surface area (Å²) in [6.45, 7) is 22.0. The predicted molar refractivity (Wildman–Crippen MR) is 269 cm³/mol. The summed E-state index contributed by atoms with van der Waals surface area (Å²) >= 11 is 0. The lowest BCUT2D eigenvalue weighted by atomic mass is 9.33. The van der Waals surface area contributed by atoms with Gasteiger partial charge in [-0.3, -0.25) is 0 Å². The van der Waals surface area contributed by atoms with E-state index in [0.29, 0.717) is 31.0 Å². The fourth-order valence-corrected chi connectivity index (χ4v) is 15.8. The summed E-state index contributed by atoms with van der Waals surface area (Å²) in [5.41, 5.74) is 7.04. The second-order valence-electron chi connectivity index (χ2n) is 23.8. The number of allylic oxidation sites excluding steroid dienone is 2. The van der Waals surface area contributed by atoms with E-state index in [0.717, 1.165) is 48.8 Å². The number of hydrogen-bond donors (Lipinski definition) is 0. The number of hydrogen-bond acceptors (Lipinski definition) is 3. The Hall–Kier alpha value is -4.28. The lowest BCUT2D eigenvalue weighted by Gasteiger charge is -2.73. The van der Waals surface area contributed by atoms with Gasteiger partial charge in [-0.1, -0.05) is 219 Å². The smallest absolute Gasteiger partial charge is 0.176 e. The molecule has 5 aliphatic rings. The van der Waals surface area contributed by atoms with Crippen LogP contribution in [0.2, 0.25) is 0 Å². The number of fused-ring (bicyclic) bond motifs is 7. The van der Waals surface area contributed by atoms with Crippen molar-refractivity contribution in [2.75, 3.05) is 0 Å². The van der Waals surface area contributed by atoms with Crippen LogP contribution in [0.1, 0.15) is 141 Å². The van der Waals surface area contributed by atoms with Gasteiger partial charge in [0.05, 0.1) is 19.3 Å². The van der Waals surface area contributed by atoms with Gasteiger partial charge in [0.15, 0.2) is 5.79 Å². The normalized spacial score (nSPS) is 34.5. The Bertz CT molecular complexity index is 2380. The molecule has 1 unspecified atom stereocenters. The molecule has 0 spiro atoms. The molecule has 3 nitrogen and oxygen atoms in total. The lowest BCUT2D eigenvalue weighted by molar-refractivity contribution is -0.374. The largest absolute Gasteiger partial charge is 0.373 e. The van der Waals surface area contributed by atoms with E-state index in [4.69, 9.17) is 14.2 Å². The molecule has 4 fully saturated rings. The van der Waals surface area contributed by atoms with Crippen LogP contribution < -0.4 is 0 Å². The van der Waals surface area contributed by atoms with Crippen LogP contribution in [0.5, 0.6) is 0 Å². The van der Waals surface area contributed by atoms with E-state index in [1.54, 1.807) is 5.57 Å². The monoisotopic (exact) mass is 881 g/mol. The van der Waals surface area contributed by atoms with Crippen molar-refractivity contribution >= 4 is 0 Å². The highest BCUT2D eigenvalue weighted by Gasteiger charge is 2.72. The van der Waals surface area contributed by atoms with Gasteiger partial charge < -0.3 is 14.2 Å². The van der Waals surface area contributed by atoms with E-state index in [9.17, 15) is 0 Å². The fraction of sp³-hybridized carbons (Fsp3) is 0.492. The van der Waals surface area contributed by atoms with Gasteiger partial charge in [-0.05, 0) is 119 Å². The average molecular weight is 881 g/mol. The van der Waals surface area contributed by atoms with Crippen LogP contribution in [-0.4, -0.2) is 11.9 Å². The Morgan fingerprint density at radius 1 is 0.515 bits per heavy atom. The van der Waals surface area contributed by atoms with Crippen LogP contribution in [-0.2, 0) is 33.0 Å². The van der Waals surface area contributed by atoms with Crippen LogP contribution in [0, 0.1) is 50.2 Å². The van der Waals surface area contributed by atoms with Crippen molar-refractivity contribution in [3.8, 4) is 0 Å². The first-order chi connectivity index (χ1) is 31.6. The maximum absolute atomic E-state index is 8.32. The van der Waals surface area contributed by atoms with E-state index in [1.807, 2.05) is 0 Å². The van der Waals surface area contributed by atoms with Gasteiger partial charge in [0.25, 0.3) is 0 Å². The molecule has 5 aliphatic carbocycles. The minimum absolute atomic E-state index is 0.0906. The summed E-state index contributed by atoms with van der Waals surface area (Å²) in [7, 11) is 0. The Morgan fingerprint density at radius 3 is 1.56 bits per heavy atom. The maximum Gasteiger partial charge on any atom is 0.176 e. The van der Waals surface area contributed by atoms with E-state index in [2.05, 4.69) is 213 Å². The molecule has 5 aromatic rings. The Labute approximate surface area is 397 Å². The average Bonchev–Trinajstić information content (AvgIpc) is 3.32. The molecule has 9 atom stereocenters. The summed E-state index contributed by atoms with van der Waals surface area (Å²) in [4.78, 5) is 0. The van der Waals surface area contributed by atoms with Crippen molar-refractivity contribution in [1.82, 2.24) is 0 Å². The van der Waals surface area contributed by atoms with Gasteiger partial charge in [0.1, 0.15) is 5.60 Å². The predicted octanol–water partition coefficient (Wildman–Crippen LogP) is 15.9. The van der Waals surface area contributed by atoms with E-state index < -0.39 is 11.4 Å². The molecule has 66 heavy (non-hydrogen) atoms. The van der Waals surface area contributed by atoms with Crippen molar-refractivity contribution in [2.24, 2.45) is 50.2 Å². The molecule has 346 valence electrons. The zero-order chi connectivity index (χ0) is 46.1. The van der Waals surface area contributed by atoms with Gasteiger partial charge >= 0.3 is 0 Å². The zero-order valence-corrected chi connectivity index (χ0v) is 41.3. The van der Waals surface area contributed by atoms with Crippen molar-refractivity contribution in [2.45, 2.75) is 144 Å². The molecular weight excluding hydrogens is 805 g/mol. The molecule has 0 bridgehead atoms. The highest BCUT2D eigenvalue weighted by Crippen LogP contribution is 2.77. The standard InChI is InChI=1S/C63H76O3/c1-56(2)42-52-51-34-35-54-59(6)39-41-62(65-45-47-26-16-10-17-27-47,66-63(48-28-18-11-19-29-48,49-30-20-12-21-31-49)50-32-22-13-23-33-50)57(3,4)53(59)36-37-61(54,8)60(51,7)40-38-58(52,5)55(43-56)64-44-46-24-14-9-15-25-46/h9-34,52-55H,35-45H2,1-8H3/t52-,53?,54-,55-,58-,59+,60-,61-,62-/m1/s1. The molecule has 3 heteroatoms. The highest BCUT2D eigenvalue weighted by molar-refractivity contribution is 5.48. The lowest BCUT2D eigenvalue weighted by Crippen LogP contribution is -2.69. The van der Waals surface area contributed by atoms with Crippen molar-refractivity contribution in [3.05, 3.63) is 191 Å². The quantitative estimate of drug-likeness (QED) is 0.0751. The first kappa shape index (κ1) is 45.5. The topological polar surface area (TPSA) is 27.7 Å². The van der Waals surface area contributed by atoms with Gasteiger partial charge in [0, 0.05) is 17.3 Å². The Morgan fingerprint density at radius 2 is 1.02 bits per heavy atom. The molecule has 0 radical (unpaired) electrons. The minimum Gasteiger partial charge on any atom is -0.373 e. The molecule has 10 rings (SSSR count). The van der Waals surface area contributed by atoms with E-state index >= 15 is 0 Å². The summed E-state index contributed by atoms with van der Waals surface area (Å²) in [5.74, 6) is 0.541. The molecule has 0 saturated heterocycles. The summed E-state index contributed by atoms with van der Waals surface area (Å²) in [6.07, 6.45) is 13.3. The third kappa shape index (κ3) is 7.15. The third-order valence-electron chi connectivity index (χ3n) is 19.7. The van der Waals surface area contributed by atoms with Crippen LogP contribution in [0.4, 0.5) is 0 Å². The van der Waals surface area contributed by atoms with E-state index in [-0.39, 0.29) is 38.6 Å². The molecule has 0 aromatic heterocycles. The minimum atomic E-state index is -0.921. The van der Waals surface area contributed by atoms with Crippen molar-refractivity contribution in [1.29, 1.82) is 0 Å². The van der Waals surface area contributed by atoms with Crippen LogP contribution in [0.25, 0.3) is 0 Å². The number of ether oxygens (including phenoxy) is 3. The van der Waals surface area contributed by atoms with Crippen molar-refractivity contribution in [3.63, 3.8) is 0 Å².